The fraction of sp³-hybridized carbons (Fsp3) is 0.500. The van der Waals surface area contributed by atoms with Crippen LogP contribution >= 0.6 is 27.3 Å². The molecule has 2 saturated heterocycles. The van der Waals surface area contributed by atoms with Crippen molar-refractivity contribution in [3.8, 4) is 11.9 Å². The average Bonchev–Trinajstić information content (AvgIpc) is 3.36. The van der Waals surface area contributed by atoms with Crippen LogP contribution in [0.4, 0.5) is 0 Å². The van der Waals surface area contributed by atoms with Crippen molar-refractivity contribution < 1.29 is 9.53 Å². The van der Waals surface area contributed by atoms with Crippen molar-refractivity contribution in [2.75, 3.05) is 26.2 Å². The smallest absolute Gasteiger partial charge is 0.237 e. The van der Waals surface area contributed by atoms with Gasteiger partial charge in [-0.25, -0.2) is 4.98 Å². The van der Waals surface area contributed by atoms with Crippen molar-refractivity contribution in [2.45, 2.75) is 31.4 Å². The maximum atomic E-state index is 12.5. The van der Waals surface area contributed by atoms with Crippen LogP contribution in [-0.4, -0.2) is 59.0 Å². The van der Waals surface area contributed by atoms with E-state index in [-0.39, 0.29) is 18.1 Å². The highest BCUT2D eigenvalue weighted by Gasteiger charge is 2.32. The molecular weight excluding hydrogens is 416 g/mol. The highest BCUT2D eigenvalue weighted by atomic mass is 79.9. The second-order valence-electron chi connectivity index (χ2n) is 6.71. The molecule has 2 aliphatic heterocycles. The lowest BCUT2D eigenvalue weighted by atomic mass is 10.2. The molecule has 2 aromatic heterocycles. The molecule has 26 heavy (non-hydrogen) atoms. The predicted molar refractivity (Wildman–Crippen MR) is 103 cm³/mol. The Morgan fingerprint density at radius 3 is 3.19 bits per heavy atom. The molecule has 0 bridgehead atoms. The summed E-state index contributed by atoms with van der Waals surface area (Å²) in [7, 11) is 0. The third kappa shape index (κ3) is 3.43. The second kappa shape index (κ2) is 7.51. The number of carbonyl (C=O) groups is 1. The first kappa shape index (κ1) is 17.7. The normalized spacial score (nSPS) is 23.5. The molecule has 136 valence electrons. The van der Waals surface area contributed by atoms with Gasteiger partial charge in [0.2, 0.25) is 11.8 Å². The molecule has 1 amide bonds. The number of nitriles is 1. The summed E-state index contributed by atoms with van der Waals surface area (Å²) in [5, 5.41) is 12.2. The van der Waals surface area contributed by atoms with E-state index in [1.54, 1.807) is 22.4 Å². The average molecular weight is 435 g/mol. The van der Waals surface area contributed by atoms with E-state index in [0.717, 1.165) is 40.4 Å². The predicted octanol–water partition coefficient (Wildman–Crippen LogP) is 3.03. The van der Waals surface area contributed by atoms with Crippen LogP contribution in [0.5, 0.6) is 5.88 Å². The summed E-state index contributed by atoms with van der Waals surface area (Å²) in [6.07, 6.45) is 4.37. The molecule has 2 atom stereocenters. The zero-order valence-electron chi connectivity index (χ0n) is 14.2. The zero-order valence-corrected chi connectivity index (χ0v) is 16.6. The lowest BCUT2D eigenvalue weighted by Gasteiger charge is -2.23. The van der Waals surface area contributed by atoms with Gasteiger partial charge in [-0.05, 0) is 41.3 Å². The van der Waals surface area contributed by atoms with Crippen molar-refractivity contribution in [1.82, 2.24) is 14.8 Å². The van der Waals surface area contributed by atoms with E-state index in [1.165, 1.54) is 0 Å². The monoisotopic (exact) mass is 434 g/mol. The lowest BCUT2D eigenvalue weighted by Crippen LogP contribution is -2.42. The number of aromatic nitrogens is 1. The molecule has 0 spiro atoms. The van der Waals surface area contributed by atoms with Gasteiger partial charge < -0.3 is 9.64 Å². The van der Waals surface area contributed by atoms with Crippen molar-refractivity contribution in [1.29, 1.82) is 5.26 Å². The van der Waals surface area contributed by atoms with Gasteiger partial charge in [0.05, 0.1) is 18.0 Å². The second-order valence-corrected chi connectivity index (χ2v) is 8.48. The Balaban J connectivity index is 1.37. The van der Waals surface area contributed by atoms with Crippen molar-refractivity contribution in [3.05, 3.63) is 22.1 Å². The molecule has 0 saturated carbocycles. The van der Waals surface area contributed by atoms with Gasteiger partial charge in [-0.1, -0.05) is 0 Å². The summed E-state index contributed by atoms with van der Waals surface area (Å²) in [5.74, 6) is 0.702. The number of fused-ring (bicyclic) bond motifs is 1. The number of pyridine rings is 1. The molecule has 0 aliphatic carbocycles. The van der Waals surface area contributed by atoms with Crippen molar-refractivity contribution >= 4 is 43.3 Å². The first-order valence-electron chi connectivity index (χ1n) is 8.75. The summed E-state index contributed by atoms with van der Waals surface area (Å²) in [6.45, 7) is 2.58. The minimum Gasteiger partial charge on any atom is -0.472 e. The van der Waals surface area contributed by atoms with Crippen LogP contribution in [0.15, 0.2) is 22.1 Å². The van der Waals surface area contributed by atoms with E-state index in [1.807, 2.05) is 11.4 Å². The van der Waals surface area contributed by atoms with Gasteiger partial charge in [0.1, 0.15) is 12.1 Å². The van der Waals surface area contributed by atoms with E-state index in [9.17, 15) is 4.79 Å². The number of halogens is 1. The molecule has 4 heterocycles. The van der Waals surface area contributed by atoms with Crippen molar-refractivity contribution in [3.63, 3.8) is 0 Å². The summed E-state index contributed by atoms with van der Waals surface area (Å²) in [4.78, 5) is 20.7. The van der Waals surface area contributed by atoms with Gasteiger partial charge in [-0.3, -0.25) is 9.69 Å². The largest absolute Gasteiger partial charge is 0.472 e. The zero-order chi connectivity index (χ0) is 18.1. The lowest BCUT2D eigenvalue weighted by molar-refractivity contribution is -0.132. The van der Waals surface area contributed by atoms with Gasteiger partial charge >= 0.3 is 0 Å². The number of ether oxygens (including phenoxy) is 1. The summed E-state index contributed by atoms with van der Waals surface area (Å²) in [5.41, 5.74) is 0. The molecule has 6 nitrogen and oxygen atoms in total. The van der Waals surface area contributed by atoms with Gasteiger partial charge in [0, 0.05) is 40.4 Å². The summed E-state index contributed by atoms with van der Waals surface area (Å²) in [6, 6.07) is 3.96. The Kier molecular flexibility index (Phi) is 5.11. The molecular formula is C18H19BrN4O2S. The molecule has 2 unspecified atom stereocenters. The number of nitrogens with zero attached hydrogens (tertiary/aromatic N) is 4. The first-order valence-corrected chi connectivity index (χ1v) is 10.4. The number of hydrogen-bond donors (Lipinski definition) is 0. The van der Waals surface area contributed by atoms with Crippen LogP contribution in [0.3, 0.4) is 0 Å². The fourth-order valence-electron chi connectivity index (χ4n) is 3.68. The molecule has 4 rings (SSSR count). The Bertz CT molecular complexity index is 864. The number of rotatable bonds is 4. The standard InChI is InChI=1S/C18H19BrN4O2S/c19-14-11-26-15-3-5-21-18(17(14)15)25-13-4-7-22(9-13)10-16(24)23-6-1-2-12(23)8-20/h3,5,11-13H,1-2,4,6-7,9-10H2. The maximum absolute atomic E-state index is 12.5. The van der Waals surface area contributed by atoms with Crippen LogP contribution < -0.4 is 4.74 Å². The third-order valence-electron chi connectivity index (χ3n) is 4.99. The highest BCUT2D eigenvalue weighted by Crippen LogP contribution is 2.36. The van der Waals surface area contributed by atoms with Gasteiger partial charge in [0.15, 0.2) is 0 Å². The summed E-state index contributed by atoms with van der Waals surface area (Å²) >= 11 is 5.22. The SMILES string of the molecule is N#CC1CCCN1C(=O)CN1CCC(Oc2nccc3scc(Br)c23)C1. The third-order valence-corrected chi connectivity index (χ3v) is 6.87. The van der Waals surface area contributed by atoms with E-state index in [2.05, 4.69) is 31.9 Å². The van der Waals surface area contributed by atoms with Crippen LogP contribution in [0.1, 0.15) is 19.3 Å². The molecule has 2 aliphatic rings. The Morgan fingerprint density at radius 2 is 2.35 bits per heavy atom. The van der Waals surface area contributed by atoms with Gasteiger partial charge in [-0.15, -0.1) is 11.3 Å². The van der Waals surface area contributed by atoms with Crippen LogP contribution in [0, 0.1) is 11.3 Å². The number of carbonyl (C=O) groups excluding carboxylic acids is 1. The van der Waals surface area contributed by atoms with E-state index >= 15 is 0 Å². The molecule has 2 aromatic rings. The Morgan fingerprint density at radius 1 is 1.46 bits per heavy atom. The van der Waals surface area contributed by atoms with E-state index in [4.69, 9.17) is 10.00 Å². The van der Waals surface area contributed by atoms with Crippen LogP contribution in [-0.2, 0) is 4.79 Å². The summed E-state index contributed by atoms with van der Waals surface area (Å²) < 4.78 is 8.30. The maximum Gasteiger partial charge on any atom is 0.237 e. The number of thiophene rings is 1. The molecule has 2 fully saturated rings. The van der Waals surface area contributed by atoms with E-state index in [0.29, 0.717) is 25.5 Å². The highest BCUT2D eigenvalue weighted by molar-refractivity contribution is 9.10. The van der Waals surface area contributed by atoms with Crippen LogP contribution in [0.25, 0.3) is 10.1 Å². The van der Waals surface area contributed by atoms with Gasteiger partial charge in [-0.2, -0.15) is 5.26 Å². The van der Waals surface area contributed by atoms with Gasteiger partial charge in [0.25, 0.3) is 0 Å². The van der Waals surface area contributed by atoms with E-state index < -0.39 is 0 Å². The fourth-order valence-corrected chi connectivity index (χ4v) is 5.28. The Hall–Kier alpha value is -1.69. The molecule has 8 heteroatoms. The molecule has 0 aromatic carbocycles. The minimum absolute atomic E-state index is 0.0260. The quantitative estimate of drug-likeness (QED) is 0.739. The van der Waals surface area contributed by atoms with Crippen LogP contribution in [0.2, 0.25) is 0 Å². The number of likely N-dealkylation sites (tertiary alicyclic amines) is 2. The Labute approximate surface area is 164 Å². The first-order chi connectivity index (χ1) is 12.7. The minimum atomic E-state index is -0.255. The number of hydrogen-bond acceptors (Lipinski definition) is 6. The molecule has 0 radical (unpaired) electrons. The topological polar surface area (TPSA) is 69.5 Å². The molecule has 0 N–H and O–H groups in total. The number of amides is 1. The van der Waals surface area contributed by atoms with Crippen molar-refractivity contribution in [2.24, 2.45) is 0 Å².